The van der Waals surface area contributed by atoms with E-state index in [1.807, 2.05) is 6.07 Å². The Morgan fingerprint density at radius 1 is 1.10 bits per heavy atom. The van der Waals surface area contributed by atoms with Crippen molar-refractivity contribution in [1.82, 2.24) is 5.43 Å². The lowest BCUT2D eigenvalue weighted by Crippen LogP contribution is -2.28. The predicted octanol–water partition coefficient (Wildman–Crippen LogP) is 3.24. The van der Waals surface area contributed by atoms with E-state index in [4.69, 9.17) is 15.3 Å². The first-order chi connectivity index (χ1) is 10.4. The van der Waals surface area contributed by atoms with Crippen LogP contribution in [0.4, 0.5) is 0 Å². The van der Waals surface area contributed by atoms with Crippen molar-refractivity contribution < 1.29 is 9.47 Å². The molecule has 0 spiro atoms. The third-order valence-electron chi connectivity index (χ3n) is 4.23. The smallest absolute Gasteiger partial charge is 0.161 e. The van der Waals surface area contributed by atoms with Gasteiger partial charge in [-0.15, -0.1) is 0 Å². The first kappa shape index (κ1) is 14.4. The average molecular weight is 288 g/mol. The van der Waals surface area contributed by atoms with Crippen molar-refractivity contribution in [2.75, 3.05) is 13.2 Å². The van der Waals surface area contributed by atoms with Gasteiger partial charge >= 0.3 is 0 Å². The Hall–Kier alpha value is -1.52. The highest BCUT2D eigenvalue weighted by atomic mass is 16.5. The summed E-state index contributed by atoms with van der Waals surface area (Å²) in [6.45, 7) is 1.43. The number of fused-ring (bicyclic) bond motifs is 1. The number of nitrogens with two attached hydrogens (primary N) is 1. The molecule has 1 aliphatic heterocycles. The fraction of sp³-hybridized carbons (Fsp3) is 0.529. The second-order valence-electron chi connectivity index (χ2n) is 5.79. The molecule has 0 amide bonds. The molecule has 0 saturated heterocycles. The molecule has 3 N–H and O–H groups in total. The van der Waals surface area contributed by atoms with Crippen LogP contribution in [0.5, 0.6) is 11.5 Å². The van der Waals surface area contributed by atoms with Gasteiger partial charge in [0.05, 0.1) is 13.2 Å². The first-order valence-electron chi connectivity index (χ1n) is 7.90. The maximum atomic E-state index is 5.78. The average Bonchev–Trinajstić information content (AvgIpc) is 2.78. The van der Waals surface area contributed by atoms with Gasteiger partial charge in [0.1, 0.15) is 0 Å². The number of hydrogen-bond acceptors (Lipinski definition) is 4. The van der Waals surface area contributed by atoms with E-state index in [1.54, 1.807) is 0 Å². The van der Waals surface area contributed by atoms with Gasteiger partial charge in [-0.2, -0.15) is 0 Å². The summed E-state index contributed by atoms with van der Waals surface area (Å²) in [5, 5.41) is 0. The molecule has 0 bridgehead atoms. The number of rotatable bonds is 4. The summed E-state index contributed by atoms with van der Waals surface area (Å²) in [6, 6.07) is 6.28. The highest BCUT2D eigenvalue weighted by molar-refractivity contribution is 5.44. The summed E-state index contributed by atoms with van der Waals surface area (Å²) in [6.07, 6.45) is 9.28. The standard InChI is InChI=1S/C17H24N2O2/c18-19-15(11-13-5-2-1-3-6-13)14-7-8-16-17(12-14)21-10-4-9-20-16/h5,7-8,12,15,19H,1-4,6,9-11,18H2. The van der Waals surface area contributed by atoms with Gasteiger partial charge in [-0.3, -0.25) is 11.3 Å². The third-order valence-corrected chi connectivity index (χ3v) is 4.23. The van der Waals surface area contributed by atoms with Gasteiger partial charge in [0.15, 0.2) is 11.5 Å². The van der Waals surface area contributed by atoms with Crippen LogP contribution in [0.25, 0.3) is 0 Å². The molecule has 0 radical (unpaired) electrons. The fourth-order valence-corrected chi connectivity index (χ4v) is 3.02. The van der Waals surface area contributed by atoms with Crippen molar-refractivity contribution in [3.63, 3.8) is 0 Å². The first-order valence-corrected chi connectivity index (χ1v) is 7.90. The van der Waals surface area contributed by atoms with E-state index >= 15 is 0 Å². The molecule has 0 fully saturated rings. The summed E-state index contributed by atoms with van der Waals surface area (Å²) >= 11 is 0. The van der Waals surface area contributed by atoms with Crippen LogP contribution in [0.3, 0.4) is 0 Å². The molecule has 21 heavy (non-hydrogen) atoms. The molecule has 4 heteroatoms. The minimum Gasteiger partial charge on any atom is -0.490 e. The normalized spacial score (nSPS) is 19.6. The summed E-state index contributed by atoms with van der Waals surface area (Å²) in [7, 11) is 0. The SMILES string of the molecule is NNC(CC1=CCCCC1)c1ccc2c(c1)OCCCO2. The quantitative estimate of drug-likeness (QED) is 0.507. The van der Waals surface area contributed by atoms with Gasteiger partial charge in [-0.1, -0.05) is 17.7 Å². The zero-order chi connectivity index (χ0) is 14.5. The molecule has 0 saturated carbocycles. The molecule has 1 aromatic rings. The maximum Gasteiger partial charge on any atom is 0.161 e. The molecular formula is C17H24N2O2. The number of hydrogen-bond donors (Lipinski definition) is 2. The minimum absolute atomic E-state index is 0.131. The Balaban J connectivity index is 1.77. The summed E-state index contributed by atoms with van der Waals surface area (Å²) < 4.78 is 11.4. The number of hydrazine groups is 1. The Kier molecular flexibility index (Phi) is 4.78. The lowest BCUT2D eigenvalue weighted by molar-refractivity contribution is 0.297. The topological polar surface area (TPSA) is 56.5 Å². The zero-order valence-corrected chi connectivity index (χ0v) is 12.4. The van der Waals surface area contributed by atoms with Crippen LogP contribution < -0.4 is 20.7 Å². The largest absolute Gasteiger partial charge is 0.490 e. The van der Waals surface area contributed by atoms with Crippen LogP contribution in [0.2, 0.25) is 0 Å². The van der Waals surface area contributed by atoms with Crippen molar-refractivity contribution in [3.05, 3.63) is 35.4 Å². The van der Waals surface area contributed by atoms with Gasteiger partial charge in [0, 0.05) is 12.5 Å². The van der Waals surface area contributed by atoms with E-state index in [2.05, 4.69) is 23.6 Å². The second-order valence-corrected chi connectivity index (χ2v) is 5.79. The number of nitrogens with one attached hydrogen (secondary N) is 1. The highest BCUT2D eigenvalue weighted by Gasteiger charge is 2.17. The van der Waals surface area contributed by atoms with E-state index in [-0.39, 0.29) is 6.04 Å². The Morgan fingerprint density at radius 2 is 1.95 bits per heavy atom. The molecule has 1 atom stereocenters. The third kappa shape index (κ3) is 3.57. The van der Waals surface area contributed by atoms with Crippen LogP contribution in [0.15, 0.2) is 29.8 Å². The lowest BCUT2D eigenvalue weighted by Gasteiger charge is -2.21. The predicted molar refractivity (Wildman–Crippen MR) is 83.3 cm³/mol. The van der Waals surface area contributed by atoms with Gasteiger partial charge in [0.25, 0.3) is 0 Å². The van der Waals surface area contributed by atoms with Gasteiger partial charge in [0.2, 0.25) is 0 Å². The molecule has 0 aromatic heterocycles. The van der Waals surface area contributed by atoms with Crippen LogP contribution in [0.1, 0.15) is 50.1 Å². The van der Waals surface area contributed by atoms with E-state index < -0.39 is 0 Å². The molecular weight excluding hydrogens is 264 g/mol. The molecule has 4 nitrogen and oxygen atoms in total. The van der Waals surface area contributed by atoms with E-state index in [9.17, 15) is 0 Å². The van der Waals surface area contributed by atoms with Gasteiger partial charge in [-0.25, -0.2) is 0 Å². The van der Waals surface area contributed by atoms with Crippen molar-refractivity contribution in [2.24, 2.45) is 5.84 Å². The zero-order valence-electron chi connectivity index (χ0n) is 12.4. The van der Waals surface area contributed by atoms with Crippen LogP contribution in [-0.4, -0.2) is 13.2 Å². The Bertz CT molecular complexity index is 514. The summed E-state index contributed by atoms with van der Waals surface area (Å²) in [5.74, 6) is 7.45. The number of allylic oxidation sites excluding steroid dienone is 1. The number of ether oxygens (including phenoxy) is 2. The molecule has 114 valence electrons. The van der Waals surface area contributed by atoms with Crippen molar-refractivity contribution in [3.8, 4) is 11.5 Å². The Morgan fingerprint density at radius 3 is 2.71 bits per heavy atom. The lowest BCUT2D eigenvalue weighted by atomic mass is 9.92. The molecule has 1 unspecified atom stereocenters. The van der Waals surface area contributed by atoms with Gasteiger partial charge < -0.3 is 9.47 Å². The van der Waals surface area contributed by atoms with Crippen LogP contribution in [0, 0.1) is 0 Å². The van der Waals surface area contributed by atoms with Crippen molar-refractivity contribution in [2.45, 2.75) is 44.6 Å². The monoisotopic (exact) mass is 288 g/mol. The van der Waals surface area contributed by atoms with E-state index in [1.165, 1.54) is 31.3 Å². The molecule has 3 rings (SSSR count). The van der Waals surface area contributed by atoms with Crippen molar-refractivity contribution >= 4 is 0 Å². The fourth-order valence-electron chi connectivity index (χ4n) is 3.02. The summed E-state index contributed by atoms with van der Waals surface area (Å²) in [4.78, 5) is 0. The highest BCUT2D eigenvalue weighted by Crippen LogP contribution is 2.34. The van der Waals surface area contributed by atoms with E-state index in [0.717, 1.165) is 36.5 Å². The minimum atomic E-state index is 0.131. The Labute approximate surface area is 126 Å². The second kappa shape index (κ2) is 6.96. The molecule has 1 heterocycles. The van der Waals surface area contributed by atoms with E-state index in [0.29, 0.717) is 6.61 Å². The summed E-state index contributed by atoms with van der Waals surface area (Å²) in [5.41, 5.74) is 5.62. The van der Waals surface area contributed by atoms with Crippen LogP contribution >= 0.6 is 0 Å². The molecule has 1 aromatic carbocycles. The molecule has 1 aliphatic carbocycles. The number of benzene rings is 1. The maximum absolute atomic E-state index is 5.78. The van der Waals surface area contributed by atoms with Crippen LogP contribution in [-0.2, 0) is 0 Å². The van der Waals surface area contributed by atoms with Crippen molar-refractivity contribution in [1.29, 1.82) is 0 Å². The molecule has 2 aliphatic rings. The van der Waals surface area contributed by atoms with Gasteiger partial charge in [-0.05, 0) is 49.8 Å².